The summed E-state index contributed by atoms with van der Waals surface area (Å²) in [5, 5.41) is 13.4. The number of aryl methyl sites for hydroxylation is 2. The van der Waals surface area contributed by atoms with Crippen molar-refractivity contribution in [2.24, 2.45) is 0 Å². The third-order valence-corrected chi connectivity index (χ3v) is 3.36. The first-order valence-electron chi connectivity index (χ1n) is 7.23. The minimum absolute atomic E-state index is 0.138. The van der Waals surface area contributed by atoms with Gasteiger partial charge in [0.05, 0.1) is 17.7 Å². The first kappa shape index (κ1) is 17.3. The second-order valence-corrected chi connectivity index (χ2v) is 5.25. The number of anilines is 1. The van der Waals surface area contributed by atoms with Gasteiger partial charge in [0.15, 0.2) is 6.61 Å². The Balaban J connectivity index is 2.06. The largest absolute Gasteiger partial charge is 0.495 e. The lowest BCUT2D eigenvalue weighted by atomic mass is 10.1. The molecule has 2 rings (SSSR count). The number of nitro benzene ring substituents is 1. The van der Waals surface area contributed by atoms with Gasteiger partial charge in [-0.05, 0) is 31.5 Å². The van der Waals surface area contributed by atoms with E-state index in [-0.39, 0.29) is 18.0 Å². The third kappa shape index (κ3) is 4.22. The van der Waals surface area contributed by atoms with Crippen molar-refractivity contribution < 1.29 is 19.2 Å². The maximum atomic E-state index is 12.1. The quantitative estimate of drug-likeness (QED) is 0.648. The monoisotopic (exact) mass is 330 g/mol. The zero-order valence-electron chi connectivity index (χ0n) is 13.7. The third-order valence-electron chi connectivity index (χ3n) is 3.36. The van der Waals surface area contributed by atoms with E-state index in [0.717, 1.165) is 11.1 Å². The van der Waals surface area contributed by atoms with Crippen molar-refractivity contribution in [2.75, 3.05) is 19.0 Å². The van der Waals surface area contributed by atoms with Crippen molar-refractivity contribution in [1.29, 1.82) is 0 Å². The number of carbonyl (C=O) groups excluding carboxylic acids is 1. The fraction of sp³-hybridized carbons (Fsp3) is 0.235. The molecule has 24 heavy (non-hydrogen) atoms. The minimum Gasteiger partial charge on any atom is -0.495 e. The molecule has 0 fully saturated rings. The van der Waals surface area contributed by atoms with Gasteiger partial charge < -0.3 is 14.8 Å². The summed E-state index contributed by atoms with van der Waals surface area (Å²) in [5.41, 5.74) is 2.11. The summed E-state index contributed by atoms with van der Waals surface area (Å²) in [5.74, 6) is 0.510. The van der Waals surface area contributed by atoms with Crippen molar-refractivity contribution in [3.05, 3.63) is 57.6 Å². The Morgan fingerprint density at radius 3 is 2.50 bits per heavy atom. The number of amides is 1. The van der Waals surface area contributed by atoms with Crippen LogP contribution in [0.4, 0.5) is 11.4 Å². The second-order valence-electron chi connectivity index (χ2n) is 5.25. The normalized spacial score (nSPS) is 10.1. The molecule has 2 aromatic carbocycles. The highest BCUT2D eigenvalue weighted by Gasteiger charge is 2.14. The van der Waals surface area contributed by atoms with E-state index < -0.39 is 10.8 Å². The number of ether oxygens (including phenoxy) is 2. The molecule has 0 aromatic heterocycles. The van der Waals surface area contributed by atoms with Gasteiger partial charge >= 0.3 is 0 Å². The van der Waals surface area contributed by atoms with E-state index in [9.17, 15) is 14.9 Å². The van der Waals surface area contributed by atoms with Crippen molar-refractivity contribution in [3.63, 3.8) is 0 Å². The number of rotatable bonds is 6. The van der Waals surface area contributed by atoms with Gasteiger partial charge in [0.25, 0.3) is 11.6 Å². The van der Waals surface area contributed by atoms with Gasteiger partial charge in [-0.25, -0.2) is 0 Å². The number of nitro groups is 1. The van der Waals surface area contributed by atoms with Gasteiger partial charge in [0, 0.05) is 12.1 Å². The Morgan fingerprint density at radius 2 is 1.88 bits per heavy atom. The molecule has 7 nitrogen and oxygen atoms in total. The number of hydrogen-bond acceptors (Lipinski definition) is 5. The lowest BCUT2D eigenvalue weighted by molar-refractivity contribution is -0.384. The number of carbonyl (C=O) groups is 1. The maximum Gasteiger partial charge on any atom is 0.271 e. The molecule has 0 aliphatic rings. The highest BCUT2D eigenvalue weighted by molar-refractivity contribution is 5.93. The molecule has 0 radical (unpaired) electrons. The summed E-state index contributed by atoms with van der Waals surface area (Å²) in [6.45, 7) is 3.65. The average molecular weight is 330 g/mol. The fourth-order valence-corrected chi connectivity index (χ4v) is 2.20. The molecule has 2 aromatic rings. The zero-order valence-corrected chi connectivity index (χ0v) is 13.7. The van der Waals surface area contributed by atoms with Crippen LogP contribution < -0.4 is 14.8 Å². The van der Waals surface area contributed by atoms with E-state index in [2.05, 4.69) is 5.32 Å². The first-order valence-corrected chi connectivity index (χ1v) is 7.23. The van der Waals surface area contributed by atoms with Crippen LogP contribution in [-0.4, -0.2) is 24.5 Å². The van der Waals surface area contributed by atoms with Gasteiger partial charge in [-0.15, -0.1) is 0 Å². The van der Waals surface area contributed by atoms with Crippen molar-refractivity contribution >= 4 is 17.3 Å². The number of non-ortho nitro benzene ring substituents is 1. The lowest BCUT2D eigenvalue weighted by Crippen LogP contribution is -2.20. The van der Waals surface area contributed by atoms with E-state index in [4.69, 9.17) is 9.47 Å². The predicted molar refractivity (Wildman–Crippen MR) is 89.7 cm³/mol. The summed E-state index contributed by atoms with van der Waals surface area (Å²) in [4.78, 5) is 22.4. The van der Waals surface area contributed by atoms with Crippen LogP contribution in [0.2, 0.25) is 0 Å². The molecular weight excluding hydrogens is 312 g/mol. The molecule has 7 heteroatoms. The summed E-state index contributed by atoms with van der Waals surface area (Å²) in [6.07, 6.45) is 0. The number of benzene rings is 2. The summed E-state index contributed by atoms with van der Waals surface area (Å²) in [7, 11) is 1.42. The molecule has 0 saturated heterocycles. The summed E-state index contributed by atoms with van der Waals surface area (Å²) < 4.78 is 10.6. The van der Waals surface area contributed by atoms with E-state index in [1.54, 1.807) is 6.07 Å². The lowest BCUT2D eigenvalue weighted by Gasteiger charge is -2.12. The topological polar surface area (TPSA) is 90.7 Å². The van der Waals surface area contributed by atoms with Crippen molar-refractivity contribution in [3.8, 4) is 11.5 Å². The van der Waals surface area contributed by atoms with Gasteiger partial charge in [0.2, 0.25) is 0 Å². The Bertz CT molecular complexity index is 774. The molecule has 0 heterocycles. The molecule has 0 saturated carbocycles. The number of nitrogens with zero attached hydrogens (tertiary/aromatic N) is 1. The van der Waals surface area contributed by atoms with Crippen molar-refractivity contribution in [2.45, 2.75) is 13.8 Å². The number of methoxy groups -OCH3 is 1. The molecule has 1 amide bonds. The summed E-state index contributed by atoms with van der Waals surface area (Å²) in [6, 6.07) is 9.62. The predicted octanol–water partition coefficient (Wildman–Crippen LogP) is 3.24. The molecule has 0 unspecified atom stereocenters. The van der Waals surface area contributed by atoms with Gasteiger partial charge in [-0.2, -0.15) is 0 Å². The minimum atomic E-state index is -0.540. The van der Waals surface area contributed by atoms with E-state index in [0.29, 0.717) is 11.5 Å². The van der Waals surface area contributed by atoms with E-state index in [1.165, 1.54) is 25.3 Å². The Morgan fingerprint density at radius 1 is 1.17 bits per heavy atom. The first-order chi connectivity index (χ1) is 11.4. The van der Waals surface area contributed by atoms with Crippen LogP contribution in [0, 0.1) is 24.0 Å². The smallest absolute Gasteiger partial charge is 0.271 e. The SMILES string of the molecule is COc1ccc([N+](=O)[O-])cc1NC(=O)COc1ccc(C)cc1C. The highest BCUT2D eigenvalue weighted by atomic mass is 16.6. The molecule has 0 atom stereocenters. The Hall–Kier alpha value is -3.09. The van der Waals surface area contributed by atoms with Crippen LogP contribution in [0.1, 0.15) is 11.1 Å². The van der Waals surface area contributed by atoms with Crippen LogP contribution in [0.3, 0.4) is 0 Å². The molecule has 0 spiro atoms. The second kappa shape index (κ2) is 7.45. The van der Waals surface area contributed by atoms with Crippen LogP contribution in [0.25, 0.3) is 0 Å². The number of hydrogen-bond donors (Lipinski definition) is 1. The fourth-order valence-electron chi connectivity index (χ4n) is 2.20. The molecule has 0 bridgehead atoms. The number of nitrogens with one attached hydrogen (secondary N) is 1. The molecular formula is C17H18N2O5. The molecule has 126 valence electrons. The van der Waals surface area contributed by atoms with Crippen LogP contribution in [0.15, 0.2) is 36.4 Å². The van der Waals surface area contributed by atoms with E-state index >= 15 is 0 Å². The van der Waals surface area contributed by atoms with Gasteiger partial charge in [-0.1, -0.05) is 17.7 Å². The van der Waals surface area contributed by atoms with Crippen LogP contribution >= 0.6 is 0 Å². The van der Waals surface area contributed by atoms with Crippen molar-refractivity contribution in [1.82, 2.24) is 0 Å². The molecule has 0 aliphatic heterocycles. The standard InChI is InChI=1S/C17H18N2O5/c1-11-4-6-15(12(2)8-11)24-10-17(20)18-14-9-13(19(21)22)5-7-16(14)23-3/h4-9H,10H2,1-3H3,(H,18,20). The van der Waals surface area contributed by atoms with Crippen LogP contribution in [-0.2, 0) is 4.79 Å². The maximum absolute atomic E-state index is 12.1. The van der Waals surface area contributed by atoms with Gasteiger partial charge in [0.1, 0.15) is 11.5 Å². The van der Waals surface area contributed by atoms with Gasteiger partial charge in [-0.3, -0.25) is 14.9 Å². The van der Waals surface area contributed by atoms with E-state index in [1.807, 2.05) is 26.0 Å². The summed E-state index contributed by atoms with van der Waals surface area (Å²) >= 11 is 0. The zero-order chi connectivity index (χ0) is 17.7. The molecule has 1 N–H and O–H groups in total. The Labute approximate surface area is 139 Å². The molecule has 0 aliphatic carbocycles. The Kier molecular flexibility index (Phi) is 5.36. The highest BCUT2D eigenvalue weighted by Crippen LogP contribution is 2.28. The average Bonchev–Trinajstić information content (AvgIpc) is 2.53. The van der Waals surface area contributed by atoms with Crippen LogP contribution in [0.5, 0.6) is 11.5 Å².